The van der Waals surface area contributed by atoms with Crippen LogP contribution in [-0.2, 0) is 9.59 Å². The third-order valence-corrected chi connectivity index (χ3v) is 3.98. The van der Waals surface area contributed by atoms with Crippen molar-refractivity contribution in [3.05, 3.63) is 59.7 Å². The fourth-order valence-corrected chi connectivity index (χ4v) is 2.72. The number of carbonyl (C=O) groups is 2. The van der Waals surface area contributed by atoms with Gasteiger partial charge in [-0.15, -0.1) is 0 Å². The molecule has 1 aliphatic rings. The second kappa shape index (κ2) is 6.39. The van der Waals surface area contributed by atoms with Crippen molar-refractivity contribution in [1.82, 2.24) is 0 Å². The summed E-state index contributed by atoms with van der Waals surface area (Å²) in [5.41, 5.74) is 1.16. The van der Waals surface area contributed by atoms with Gasteiger partial charge >= 0.3 is 0 Å². The van der Waals surface area contributed by atoms with Gasteiger partial charge in [-0.1, -0.05) is 30.3 Å². The Labute approximate surface area is 137 Å². The van der Waals surface area contributed by atoms with E-state index in [4.69, 9.17) is 0 Å². The van der Waals surface area contributed by atoms with Crippen molar-refractivity contribution in [3.63, 3.8) is 0 Å². The van der Waals surface area contributed by atoms with Gasteiger partial charge in [-0.25, -0.2) is 8.78 Å². The van der Waals surface area contributed by atoms with Crippen LogP contribution in [0.2, 0.25) is 0 Å². The van der Waals surface area contributed by atoms with E-state index < -0.39 is 17.5 Å². The lowest BCUT2D eigenvalue weighted by Crippen LogP contribution is -2.17. The largest absolute Gasteiger partial charge is 0.324 e. The Morgan fingerprint density at radius 2 is 1.58 bits per heavy atom. The highest BCUT2D eigenvalue weighted by atomic mass is 19.2. The molecule has 1 fully saturated rings. The number of hydrogen-bond acceptors (Lipinski definition) is 2. The van der Waals surface area contributed by atoms with Crippen LogP contribution >= 0.6 is 0 Å². The zero-order valence-electron chi connectivity index (χ0n) is 13.0. The SMILES string of the molecule is CC(=O)Nc1cc(F)c(F)cc1NC(=O)[C@@H]1C[C@@H]1c1ccccc1. The molecule has 2 amide bonds. The quantitative estimate of drug-likeness (QED) is 0.899. The zero-order valence-corrected chi connectivity index (χ0v) is 13.0. The number of halogens is 2. The van der Waals surface area contributed by atoms with Crippen molar-refractivity contribution in [2.45, 2.75) is 19.3 Å². The molecule has 1 aliphatic carbocycles. The van der Waals surface area contributed by atoms with Gasteiger partial charge in [0.25, 0.3) is 0 Å². The van der Waals surface area contributed by atoms with Gasteiger partial charge in [-0.3, -0.25) is 9.59 Å². The summed E-state index contributed by atoms with van der Waals surface area (Å²) in [5.74, 6) is -2.99. The van der Waals surface area contributed by atoms with E-state index in [0.717, 1.165) is 17.7 Å². The normalized spacial score (nSPS) is 18.8. The Balaban J connectivity index is 1.75. The van der Waals surface area contributed by atoms with Gasteiger partial charge in [0.15, 0.2) is 11.6 Å². The first-order valence-corrected chi connectivity index (χ1v) is 7.58. The molecule has 0 unspecified atom stereocenters. The summed E-state index contributed by atoms with van der Waals surface area (Å²) < 4.78 is 26.8. The van der Waals surface area contributed by atoms with Crippen molar-refractivity contribution in [2.75, 3.05) is 10.6 Å². The molecule has 0 saturated heterocycles. The van der Waals surface area contributed by atoms with Crippen molar-refractivity contribution in [2.24, 2.45) is 5.92 Å². The van der Waals surface area contributed by atoms with Gasteiger partial charge in [0.05, 0.1) is 11.4 Å². The van der Waals surface area contributed by atoms with Crippen molar-refractivity contribution >= 4 is 23.2 Å². The summed E-state index contributed by atoms with van der Waals surface area (Å²) in [6.07, 6.45) is 0.703. The number of rotatable bonds is 4. The summed E-state index contributed by atoms with van der Waals surface area (Å²) in [5, 5.41) is 4.97. The lowest BCUT2D eigenvalue weighted by molar-refractivity contribution is -0.117. The van der Waals surface area contributed by atoms with E-state index in [1.54, 1.807) is 0 Å². The predicted octanol–water partition coefficient (Wildman–Crippen LogP) is 3.67. The maximum absolute atomic E-state index is 13.5. The van der Waals surface area contributed by atoms with Crippen LogP contribution in [0.3, 0.4) is 0 Å². The lowest BCUT2D eigenvalue weighted by atomic mass is 10.1. The molecule has 0 aromatic heterocycles. The number of nitrogens with one attached hydrogen (secondary N) is 2. The maximum Gasteiger partial charge on any atom is 0.228 e. The predicted molar refractivity (Wildman–Crippen MR) is 86.6 cm³/mol. The highest BCUT2D eigenvalue weighted by Gasteiger charge is 2.44. The number of anilines is 2. The molecule has 2 N–H and O–H groups in total. The van der Waals surface area contributed by atoms with Gasteiger partial charge in [-0.05, 0) is 17.9 Å². The number of amides is 2. The Morgan fingerprint density at radius 1 is 1.00 bits per heavy atom. The van der Waals surface area contributed by atoms with E-state index in [1.165, 1.54) is 6.92 Å². The zero-order chi connectivity index (χ0) is 17.3. The molecule has 0 heterocycles. The molecular weight excluding hydrogens is 314 g/mol. The van der Waals surface area contributed by atoms with E-state index in [-0.39, 0.29) is 29.1 Å². The Bertz CT molecular complexity index is 793. The van der Waals surface area contributed by atoms with E-state index in [9.17, 15) is 18.4 Å². The van der Waals surface area contributed by atoms with Crippen molar-refractivity contribution < 1.29 is 18.4 Å². The van der Waals surface area contributed by atoms with Crippen LogP contribution in [-0.4, -0.2) is 11.8 Å². The molecule has 1 saturated carbocycles. The minimum atomic E-state index is -1.09. The molecule has 3 rings (SSSR count). The van der Waals surface area contributed by atoms with E-state index in [2.05, 4.69) is 10.6 Å². The molecule has 0 radical (unpaired) electrons. The van der Waals surface area contributed by atoms with Gasteiger partial charge in [0.1, 0.15) is 0 Å². The summed E-state index contributed by atoms with van der Waals surface area (Å²) in [6.45, 7) is 1.25. The average Bonchev–Trinajstić information content (AvgIpc) is 3.33. The minimum Gasteiger partial charge on any atom is -0.324 e. The summed E-state index contributed by atoms with van der Waals surface area (Å²) >= 11 is 0. The van der Waals surface area contributed by atoms with Crippen LogP contribution in [0.1, 0.15) is 24.8 Å². The van der Waals surface area contributed by atoms with Gasteiger partial charge < -0.3 is 10.6 Å². The van der Waals surface area contributed by atoms with Crippen LogP contribution in [0.15, 0.2) is 42.5 Å². The topological polar surface area (TPSA) is 58.2 Å². The summed E-state index contributed by atoms with van der Waals surface area (Å²) in [6, 6.07) is 11.4. The molecule has 0 spiro atoms. The molecule has 124 valence electrons. The van der Waals surface area contributed by atoms with Crippen LogP contribution in [0, 0.1) is 17.6 Å². The molecule has 2 aromatic rings. The second-order valence-electron chi connectivity index (χ2n) is 5.84. The average molecular weight is 330 g/mol. The molecule has 24 heavy (non-hydrogen) atoms. The molecule has 0 bridgehead atoms. The van der Waals surface area contributed by atoms with Gasteiger partial charge in [0.2, 0.25) is 11.8 Å². The van der Waals surface area contributed by atoms with Crippen molar-refractivity contribution in [1.29, 1.82) is 0 Å². The fraction of sp³-hybridized carbons (Fsp3) is 0.222. The van der Waals surface area contributed by atoms with Gasteiger partial charge in [-0.2, -0.15) is 0 Å². The van der Waals surface area contributed by atoms with E-state index in [1.807, 2.05) is 30.3 Å². The fourth-order valence-electron chi connectivity index (χ4n) is 2.72. The Hall–Kier alpha value is -2.76. The lowest BCUT2D eigenvalue weighted by Gasteiger charge is -2.12. The Morgan fingerprint density at radius 3 is 2.17 bits per heavy atom. The molecule has 6 heteroatoms. The van der Waals surface area contributed by atoms with E-state index >= 15 is 0 Å². The summed E-state index contributed by atoms with van der Waals surface area (Å²) in [4.78, 5) is 23.5. The second-order valence-corrected chi connectivity index (χ2v) is 5.84. The summed E-state index contributed by atoms with van der Waals surface area (Å²) in [7, 11) is 0. The standard InChI is InChI=1S/C18H16F2N2O2/c1-10(23)21-16-8-14(19)15(20)9-17(16)22-18(24)13-7-12(13)11-5-3-2-4-6-11/h2-6,8-9,12-13H,7H2,1H3,(H,21,23)(H,22,24)/t12-,13-/m1/s1. The first-order valence-electron chi connectivity index (χ1n) is 7.58. The maximum atomic E-state index is 13.5. The molecule has 0 aliphatic heterocycles. The monoisotopic (exact) mass is 330 g/mol. The highest BCUT2D eigenvalue weighted by Crippen LogP contribution is 2.48. The smallest absolute Gasteiger partial charge is 0.228 e. The molecule has 2 aromatic carbocycles. The third kappa shape index (κ3) is 3.42. The molecular formula is C18H16F2N2O2. The highest BCUT2D eigenvalue weighted by molar-refractivity contribution is 6.01. The molecule has 2 atom stereocenters. The number of benzene rings is 2. The first kappa shape index (κ1) is 16.1. The van der Waals surface area contributed by atoms with Crippen molar-refractivity contribution in [3.8, 4) is 0 Å². The Kier molecular flexibility index (Phi) is 4.29. The minimum absolute atomic E-state index is 0.0339. The van der Waals surface area contributed by atoms with Crippen LogP contribution in [0.4, 0.5) is 20.2 Å². The molecule has 4 nitrogen and oxygen atoms in total. The van der Waals surface area contributed by atoms with Crippen LogP contribution in [0.25, 0.3) is 0 Å². The first-order chi connectivity index (χ1) is 11.5. The van der Waals surface area contributed by atoms with Gasteiger partial charge in [0, 0.05) is 25.0 Å². The van der Waals surface area contributed by atoms with Crippen LogP contribution in [0.5, 0.6) is 0 Å². The number of carbonyl (C=O) groups excluding carboxylic acids is 2. The third-order valence-electron chi connectivity index (χ3n) is 3.98. The van der Waals surface area contributed by atoms with E-state index in [0.29, 0.717) is 6.42 Å². The van der Waals surface area contributed by atoms with Crippen LogP contribution < -0.4 is 10.6 Å². The number of hydrogen-bond donors (Lipinski definition) is 2.